The van der Waals surface area contributed by atoms with Crippen LogP contribution in [0.2, 0.25) is 0 Å². The number of nitrogens with zero attached hydrogens (tertiary/aromatic N) is 2. The summed E-state index contributed by atoms with van der Waals surface area (Å²) in [5.74, 6) is 0.435. The average molecular weight is 325 g/mol. The minimum Gasteiger partial charge on any atom is -0.377 e. The number of carbonyl (C=O) groups excluding carboxylic acids is 1. The standard InChI is InChI=1S/C19H23N3O2/c1-19(2)16(15-5-3-12-24-17(15)19)21-18(23)13-6-8-14(9-7-13)22-11-4-10-20-22/h4,6-11,15-17H,3,5,12H2,1-2H3,(H,21,23). The van der Waals surface area contributed by atoms with Gasteiger partial charge in [0.05, 0.1) is 11.8 Å². The number of amides is 1. The Morgan fingerprint density at radius 1 is 1.33 bits per heavy atom. The third-order valence-corrected chi connectivity index (χ3v) is 5.52. The second-order valence-electron chi connectivity index (χ2n) is 7.37. The van der Waals surface area contributed by atoms with Crippen molar-refractivity contribution in [2.45, 2.75) is 38.8 Å². The Labute approximate surface area is 142 Å². The van der Waals surface area contributed by atoms with E-state index in [1.165, 1.54) is 0 Å². The summed E-state index contributed by atoms with van der Waals surface area (Å²) < 4.78 is 7.68. The van der Waals surface area contributed by atoms with Crippen molar-refractivity contribution >= 4 is 5.91 Å². The van der Waals surface area contributed by atoms with Gasteiger partial charge in [0.15, 0.2) is 0 Å². The van der Waals surface area contributed by atoms with Crippen LogP contribution in [0.3, 0.4) is 0 Å². The maximum absolute atomic E-state index is 12.6. The van der Waals surface area contributed by atoms with E-state index in [-0.39, 0.29) is 23.5 Å². The summed E-state index contributed by atoms with van der Waals surface area (Å²) in [4.78, 5) is 12.6. The molecule has 0 radical (unpaired) electrons. The van der Waals surface area contributed by atoms with Gasteiger partial charge in [-0.05, 0) is 43.2 Å². The number of carbonyl (C=O) groups is 1. The van der Waals surface area contributed by atoms with Crippen LogP contribution in [0.4, 0.5) is 0 Å². The van der Waals surface area contributed by atoms with Gasteiger partial charge in [0.2, 0.25) is 0 Å². The molecule has 3 unspecified atom stereocenters. The van der Waals surface area contributed by atoms with Crippen molar-refractivity contribution in [2.75, 3.05) is 6.61 Å². The molecule has 1 amide bonds. The van der Waals surface area contributed by atoms with Crippen LogP contribution in [0.15, 0.2) is 42.7 Å². The van der Waals surface area contributed by atoms with Crippen molar-refractivity contribution in [1.82, 2.24) is 15.1 Å². The van der Waals surface area contributed by atoms with E-state index in [0.29, 0.717) is 11.5 Å². The zero-order valence-electron chi connectivity index (χ0n) is 14.1. The first-order valence-corrected chi connectivity index (χ1v) is 8.60. The lowest BCUT2D eigenvalue weighted by Gasteiger charge is -2.59. The molecule has 5 nitrogen and oxygen atoms in total. The zero-order valence-corrected chi connectivity index (χ0v) is 14.1. The minimum atomic E-state index is -0.0101. The quantitative estimate of drug-likeness (QED) is 0.944. The van der Waals surface area contributed by atoms with Crippen molar-refractivity contribution in [3.05, 3.63) is 48.3 Å². The smallest absolute Gasteiger partial charge is 0.251 e. The minimum absolute atomic E-state index is 0.00422. The molecule has 1 N–H and O–H groups in total. The van der Waals surface area contributed by atoms with Gasteiger partial charge in [0.25, 0.3) is 5.91 Å². The maximum Gasteiger partial charge on any atom is 0.251 e. The molecule has 24 heavy (non-hydrogen) atoms. The highest BCUT2D eigenvalue weighted by molar-refractivity contribution is 5.94. The van der Waals surface area contributed by atoms with Gasteiger partial charge >= 0.3 is 0 Å². The van der Waals surface area contributed by atoms with Crippen LogP contribution in [0.5, 0.6) is 0 Å². The number of rotatable bonds is 3. The van der Waals surface area contributed by atoms with E-state index in [9.17, 15) is 4.79 Å². The van der Waals surface area contributed by atoms with Gasteiger partial charge in [0, 0.05) is 41.9 Å². The monoisotopic (exact) mass is 325 g/mol. The van der Waals surface area contributed by atoms with Crippen LogP contribution in [-0.4, -0.2) is 34.4 Å². The topological polar surface area (TPSA) is 56.2 Å². The lowest BCUT2D eigenvalue weighted by Crippen LogP contribution is -2.70. The number of aromatic nitrogens is 2. The molecule has 5 heteroatoms. The van der Waals surface area contributed by atoms with Gasteiger partial charge in [-0.15, -0.1) is 0 Å². The number of ether oxygens (including phenoxy) is 1. The first-order chi connectivity index (χ1) is 11.6. The average Bonchev–Trinajstić information content (AvgIpc) is 3.14. The summed E-state index contributed by atoms with van der Waals surface area (Å²) in [5, 5.41) is 7.43. The molecule has 126 valence electrons. The zero-order chi connectivity index (χ0) is 16.7. The Morgan fingerprint density at radius 2 is 2.12 bits per heavy atom. The van der Waals surface area contributed by atoms with Crippen LogP contribution in [0.25, 0.3) is 5.69 Å². The highest BCUT2D eigenvalue weighted by Crippen LogP contribution is 2.51. The molecule has 3 atom stereocenters. The molecule has 2 aromatic rings. The molecule has 2 fully saturated rings. The van der Waals surface area contributed by atoms with E-state index in [1.807, 2.05) is 36.5 Å². The highest BCUT2D eigenvalue weighted by Gasteiger charge is 2.58. The lowest BCUT2D eigenvalue weighted by atomic mass is 9.55. The summed E-state index contributed by atoms with van der Waals surface area (Å²) in [6.07, 6.45) is 6.12. The van der Waals surface area contributed by atoms with Crippen LogP contribution in [0, 0.1) is 11.3 Å². The molecule has 0 bridgehead atoms. The molecule has 2 aliphatic rings. The van der Waals surface area contributed by atoms with Gasteiger partial charge in [-0.2, -0.15) is 5.10 Å². The summed E-state index contributed by atoms with van der Waals surface area (Å²) in [6.45, 7) is 5.22. The number of nitrogens with one attached hydrogen (secondary N) is 1. The summed E-state index contributed by atoms with van der Waals surface area (Å²) in [7, 11) is 0. The Hall–Kier alpha value is -2.14. The number of hydrogen-bond donors (Lipinski definition) is 1. The van der Waals surface area contributed by atoms with Crippen molar-refractivity contribution in [2.24, 2.45) is 11.3 Å². The molecule has 0 spiro atoms. The summed E-state index contributed by atoms with van der Waals surface area (Å²) >= 11 is 0. The van der Waals surface area contributed by atoms with E-state index in [1.54, 1.807) is 10.9 Å². The first kappa shape index (κ1) is 15.4. The summed E-state index contributed by atoms with van der Waals surface area (Å²) in [5.41, 5.74) is 1.62. The van der Waals surface area contributed by atoms with E-state index < -0.39 is 0 Å². The predicted molar refractivity (Wildman–Crippen MR) is 91.1 cm³/mol. The van der Waals surface area contributed by atoms with E-state index >= 15 is 0 Å². The molecular formula is C19H23N3O2. The van der Waals surface area contributed by atoms with Gasteiger partial charge < -0.3 is 10.1 Å². The molecule has 1 aromatic heterocycles. The van der Waals surface area contributed by atoms with Crippen LogP contribution in [0.1, 0.15) is 37.0 Å². The molecule has 1 saturated carbocycles. The van der Waals surface area contributed by atoms with Gasteiger partial charge in [0.1, 0.15) is 0 Å². The van der Waals surface area contributed by atoms with Crippen molar-refractivity contribution in [3.8, 4) is 5.69 Å². The number of hydrogen-bond acceptors (Lipinski definition) is 3. The largest absolute Gasteiger partial charge is 0.377 e. The van der Waals surface area contributed by atoms with Crippen LogP contribution in [-0.2, 0) is 4.74 Å². The second kappa shape index (κ2) is 5.74. The molecule has 1 aromatic carbocycles. The van der Waals surface area contributed by atoms with E-state index in [2.05, 4.69) is 24.3 Å². The first-order valence-electron chi connectivity index (χ1n) is 8.60. The Kier molecular flexibility index (Phi) is 3.68. The highest BCUT2D eigenvalue weighted by atomic mass is 16.5. The molecule has 1 aliphatic heterocycles. The van der Waals surface area contributed by atoms with Gasteiger partial charge in [-0.25, -0.2) is 4.68 Å². The number of benzene rings is 1. The second-order valence-corrected chi connectivity index (χ2v) is 7.37. The predicted octanol–water partition coefficient (Wildman–Crippen LogP) is 2.81. The Morgan fingerprint density at radius 3 is 2.83 bits per heavy atom. The van der Waals surface area contributed by atoms with Crippen LogP contribution < -0.4 is 5.32 Å². The van der Waals surface area contributed by atoms with Crippen molar-refractivity contribution in [3.63, 3.8) is 0 Å². The fourth-order valence-electron chi connectivity index (χ4n) is 4.23. The third-order valence-electron chi connectivity index (χ3n) is 5.52. The van der Waals surface area contributed by atoms with Gasteiger partial charge in [-0.1, -0.05) is 13.8 Å². The lowest BCUT2D eigenvalue weighted by molar-refractivity contribution is -0.189. The molecule has 1 saturated heterocycles. The van der Waals surface area contributed by atoms with E-state index in [4.69, 9.17) is 4.74 Å². The van der Waals surface area contributed by atoms with Crippen molar-refractivity contribution < 1.29 is 9.53 Å². The Bertz CT molecular complexity index is 722. The van der Waals surface area contributed by atoms with E-state index in [0.717, 1.165) is 25.1 Å². The fraction of sp³-hybridized carbons (Fsp3) is 0.474. The summed E-state index contributed by atoms with van der Waals surface area (Å²) in [6, 6.07) is 9.60. The molecule has 1 aliphatic carbocycles. The Balaban J connectivity index is 1.46. The van der Waals surface area contributed by atoms with Gasteiger partial charge in [-0.3, -0.25) is 4.79 Å². The third kappa shape index (κ3) is 2.44. The SMILES string of the molecule is CC1(C)C(NC(=O)c2ccc(-n3cccn3)cc2)C2CCCOC21. The van der Waals surface area contributed by atoms with Crippen LogP contribution >= 0.6 is 0 Å². The normalized spacial score (nSPS) is 27.8. The maximum atomic E-state index is 12.6. The molecule has 4 rings (SSSR count). The fourth-order valence-corrected chi connectivity index (χ4v) is 4.23. The molecule has 2 heterocycles. The molecular weight excluding hydrogens is 302 g/mol. The van der Waals surface area contributed by atoms with Crippen molar-refractivity contribution in [1.29, 1.82) is 0 Å². The number of fused-ring (bicyclic) bond motifs is 1.